The van der Waals surface area contributed by atoms with Crippen LogP contribution in [-0.2, 0) is 25.6 Å². The molecule has 0 saturated heterocycles. The number of carbonyl (C=O) groups is 5. The van der Waals surface area contributed by atoms with E-state index in [0.717, 1.165) is 16.7 Å². The van der Waals surface area contributed by atoms with E-state index in [0.29, 0.717) is 63.0 Å². The molecule has 1 aromatic heterocycles. The van der Waals surface area contributed by atoms with Gasteiger partial charge in [0.2, 0.25) is 11.8 Å². The van der Waals surface area contributed by atoms with Crippen LogP contribution >= 0.6 is 11.6 Å². The Morgan fingerprint density at radius 1 is 1.02 bits per heavy atom. The maximum Gasteiger partial charge on any atom is 0.335 e. The number of carboxylic acids is 2. The van der Waals surface area contributed by atoms with E-state index in [9.17, 15) is 29.1 Å². The first kappa shape index (κ1) is 41.3. The average molecular weight is 814 g/mol. The van der Waals surface area contributed by atoms with Crippen molar-refractivity contribution in [2.75, 3.05) is 38.0 Å². The van der Waals surface area contributed by atoms with Gasteiger partial charge < -0.3 is 31.5 Å². The second kappa shape index (κ2) is 18.8. The third-order valence-electron chi connectivity index (χ3n) is 10.0. The van der Waals surface area contributed by atoms with Gasteiger partial charge >= 0.3 is 11.9 Å². The molecule has 0 saturated carbocycles. The monoisotopic (exact) mass is 813 g/mol. The number of nitrogens with zero attached hydrogens (tertiary/aromatic N) is 6. The van der Waals surface area contributed by atoms with Gasteiger partial charge in [0.25, 0.3) is 5.91 Å². The number of unbranched alkanes of at least 4 members (excludes halogenated alkanes) is 1. The number of carboxylic acid groups (broad SMARTS) is 2. The summed E-state index contributed by atoms with van der Waals surface area (Å²) in [6, 6.07) is 12.1. The summed E-state index contributed by atoms with van der Waals surface area (Å²) in [5.41, 5.74) is 9.55. The summed E-state index contributed by atoms with van der Waals surface area (Å²) < 4.78 is 16.6. The zero-order chi connectivity index (χ0) is 41.3. The summed E-state index contributed by atoms with van der Waals surface area (Å²) in [6.45, 7) is 1.88. The van der Waals surface area contributed by atoms with E-state index in [4.69, 9.17) is 22.4 Å². The van der Waals surface area contributed by atoms with E-state index in [-0.39, 0.29) is 40.8 Å². The van der Waals surface area contributed by atoms with Gasteiger partial charge in [0.05, 0.1) is 22.8 Å². The van der Waals surface area contributed by atoms with Gasteiger partial charge in [0, 0.05) is 43.5 Å². The lowest BCUT2D eigenvalue weighted by molar-refractivity contribution is -0.138. The summed E-state index contributed by atoms with van der Waals surface area (Å²) in [5.74, 6) is -4.20. The van der Waals surface area contributed by atoms with E-state index < -0.39 is 41.7 Å². The molecule has 302 valence electrons. The number of hydrogen-bond acceptors (Lipinski definition) is 10. The van der Waals surface area contributed by atoms with Crippen LogP contribution in [0.4, 0.5) is 10.1 Å². The molecule has 2 atom stereocenters. The molecular weight excluding hydrogens is 773 g/mol. The Hall–Kier alpha value is -6.30. The van der Waals surface area contributed by atoms with Crippen LogP contribution in [0.15, 0.2) is 73.1 Å². The summed E-state index contributed by atoms with van der Waals surface area (Å²) >= 11 is 6.10. The SMILES string of the molecule is N[C@@H](CCCCNC(=O)CN1CC=C(c2cccc3c2CCN(C(=O)/C=C/c2c(-n4cnnn4)ccc(Cl)c2F)[C@@H]3C(=O)Nc2ccc(C(=O)O)cc2)CC1)C(=O)O. The molecular formula is C40H41ClFN9O7. The third kappa shape index (κ3) is 9.79. The Bertz CT molecular complexity index is 2250. The summed E-state index contributed by atoms with van der Waals surface area (Å²) in [7, 11) is 0. The number of carbonyl (C=O) groups excluding carboxylic acids is 3. The van der Waals surface area contributed by atoms with Gasteiger partial charge in [0.1, 0.15) is 18.4 Å². The van der Waals surface area contributed by atoms with Gasteiger partial charge in [-0.05, 0) is 107 Å². The number of aliphatic carboxylic acids is 1. The molecule has 58 heavy (non-hydrogen) atoms. The summed E-state index contributed by atoms with van der Waals surface area (Å²) in [5, 5.41) is 34.8. The highest BCUT2D eigenvalue weighted by Crippen LogP contribution is 2.37. The highest BCUT2D eigenvalue weighted by Gasteiger charge is 2.37. The average Bonchev–Trinajstić information content (AvgIpc) is 3.76. The van der Waals surface area contributed by atoms with E-state index in [2.05, 4.69) is 32.2 Å². The van der Waals surface area contributed by atoms with Crippen LogP contribution in [0.3, 0.4) is 0 Å². The smallest absolute Gasteiger partial charge is 0.335 e. The maximum absolute atomic E-state index is 15.4. The molecule has 0 fully saturated rings. The van der Waals surface area contributed by atoms with Gasteiger partial charge in [-0.1, -0.05) is 35.9 Å². The van der Waals surface area contributed by atoms with Crippen molar-refractivity contribution in [2.24, 2.45) is 5.73 Å². The molecule has 0 unspecified atom stereocenters. The molecule has 6 N–H and O–H groups in total. The van der Waals surface area contributed by atoms with Crippen molar-refractivity contribution in [3.63, 3.8) is 0 Å². The van der Waals surface area contributed by atoms with Crippen LogP contribution in [0, 0.1) is 5.82 Å². The molecule has 3 heterocycles. The minimum absolute atomic E-state index is 0.0393. The second-order valence-electron chi connectivity index (χ2n) is 13.8. The number of aromatic nitrogens is 4. The van der Waals surface area contributed by atoms with Crippen molar-refractivity contribution in [1.29, 1.82) is 0 Å². The number of rotatable bonds is 15. The first-order valence-corrected chi connectivity index (χ1v) is 18.9. The molecule has 0 aliphatic carbocycles. The van der Waals surface area contributed by atoms with Crippen LogP contribution in [0.25, 0.3) is 17.3 Å². The predicted octanol–water partition coefficient (Wildman–Crippen LogP) is 3.72. The van der Waals surface area contributed by atoms with Crippen molar-refractivity contribution in [2.45, 2.75) is 44.2 Å². The standard InChI is InChI=1S/C40H41ClFN9O7/c41-31-12-13-33(51-23-45-47-48-51)30(36(31)42)11-14-35(53)50-21-17-28-27(4-3-5-29(28)37(50)38(54)46-26-9-7-25(8-10-26)39(55)56)24-15-19-49(20-16-24)22-34(52)44-18-2-1-6-32(43)40(57)58/h3-5,7-15,23,32,37H,1-2,6,16-22,43H2,(H,44,52)(H,46,54)(H,55,56)(H,57,58)/b14-11+/t32-,37-/m0/s1. The number of amides is 3. The van der Waals surface area contributed by atoms with E-state index in [1.165, 1.54) is 64.5 Å². The zero-order valence-electron chi connectivity index (χ0n) is 31.2. The Morgan fingerprint density at radius 2 is 1.81 bits per heavy atom. The Labute approximate surface area is 337 Å². The first-order valence-electron chi connectivity index (χ1n) is 18.5. The highest BCUT2D eigenvalue weighted by atomic mass is 35.5. The largest absolute Gasteiger partial charge is 0.480 e. The molecule has 6 rings (SSSR count). The lowest BCUT2D eigenvalue weighted by atomic mass is 9.84. The number of hydrogen-bond donors (Lipinski definition) is 5. The molecule has 0 spiro atoms. The number of nitrogens with two attached hydrogens (primary N) is 1. The quantitative estimate of drug-likeness (QED) is 0.0856. The second-order valence-corrected chi connectivity index (χ2v) is 14.2. The zero-order valence-corrected chi connectivity index (χ0v) is 31.9. The lowest BCUT2D eigenvalue weighted by Gasteiger charge is -2.37. The van der Waals surface area contributed by atoms with Gasteiger partial charge in [-0.2, -0.15) is 4.68 Å². The summed E-state index contributed by atoms with van der Waals surface area (Å²) in [4.78, 5) is 66.6. The molecule has 3 amide bonds. The number of fused-ring (bicyclic) bond motifs is 1. The number of aromatic carboxylic acids is 1. The minimum Gasteiger partial charge on any atom is -0.480 e. The fraction of sp³-hybridized carbons (Fsp3) is 0.300. The maximum atomic E-state index is 15.4. The fourth-order valence-electron chi connectivity index (χ4n) is 7.03. The Balaban J connectivity index is 1.21. The van der Waals surface area contributed by atoms with Crippen LogP contribution in [0.2, 0.25) is 5.02 Å². The van der Waals surface area contributed by atoms with Crippen molar-refractivity contribution < 1.29 is 38.6 Å². The van der Waals surface area contributed by atoms with Crippen LogP contribution in [0.1, 0.15) is 64.3 Å². The van der Waals surface area contributed by atoms with Crippen molar-refractivity contribution in [3.8, 4) is 5.69 Å². The van der Waals surface area contributed by atoms with Gasteiger partial charge in [-0.25, -0.2) is 9.18 Å². The summed E-state index contributed by atoms with van der Waals surface area (Å²) in [6.07, 6.45) is 8.34. The Kier molecular flexibility index (Phi) is 13.4. The van der Waals surface area contributed by atoms with E-state index in [1.54, 1.807) is 6.07 Å². The molecule has 18 heteroatoms. The lowest BCUT2D eigenvalue weighted by Crippen LogP contribution is -2.45. The molecule has 0 radical (unpaired) electrons. The van der Waals surface area contributed by atoms with Gasteiger partial charge in [0.15, 0.2) is 5.82 Å². The highest BCUT2D eigenvalue weighted by molar-refractivity contribution is 6.31. The van der Waals surface area contributed by atoms with Crippen LogP contribution in [-0.4, -0.2) is 109 Å². The van der Waals surface area contributed by atoms with Gasteiger partial charge in [-0.15, -0.1) is 5.10 Å². The number of anilines is 1. The fourth-order valence-corrected chi connectivity index (χ4v) is 7.20. The number of tetrazole rings is 1. The first-order chi connectivity index (χ1) is 27.9. The van der Waals surface area contributed by atoms with E-state index in [1.807, 2.05) is 17.0 Å². The molecule has 0 bridgehead atoms. The minimum atomic E-state index is -1.12. The molecule has 4 aromatic rings. The van der Waals surface area contributed by atoms with Crippen LogP contribution < -0.4 is 16.4 Å². The molecule has 3 aromatic carbocycles. The number of nitrogens with one attached hydrogen (secondary N) is 2. The molecule has 16 nitrogen and oxygen atoms in total. The topological polar surface area (TPSA) is 226 Å². The predicted molar refractivity (Wildman–Crippen MR) is 211 cm³/mol. The van der Waals surface area contributed by atoms with Crippen molar-refractivity contribution in [1.82, 2.24) is 35.3 Å². The third-order valence-corrected chi connectivity index (χ3v) is 10.3. The van der Waals surface area contributed by atoms with Crippen LogP contribution in [0.5, 0.6) is 0 Å². The van der Waals surface area contributed by atoms with Crippen molar-refractivity contribution in [3.05, 3.63) is 112 Å². The Morgan fingerprint density at radius 3 is 2.50 bits per heavy atom. The van der Waals surface area contributed by atoms with Crippen molar-refractivity contribution >= 4 is 58.6 Å². The van der Waals surface area contributed by atoms with Gasteiger partial charge in [-0.3, -0.25) is 24.1 Å². The molecule has 2 aliphatic rings. The van der Waals surface area contributed by atoms with E-state index >= 15 is 4.39 Å². The normalized spacial score (nSPS) is 16.0. The molecule has 2 aliphatic heterocycles. The number of halogens is 2. The number of benzene rings is 3.